The first-order valence-corrected chi connectivity index (χ1v) is 10.8. The van der Waals surface area contributed by atoms with Gasteiger partial charge in [0.2, 0.25) is 0 Å². The molecule has 1 saturated heterocycles. The summed E-state index contributed by atoms with van der Waals surface area (Å²) in [4.78, 5) is 15.4. The zero-order chi connectivity index (χ0) is 19.9. The molecule has 0 spiro atoms. The van der Waals surface area contributed by atoms with Gasteiger partial charge >= 0.3 is 10.2 Å². The summed E-state index contributed by atoms with van der Waals surface area (Å²) < 4.78 is 27.5. The highest BCUT2D eigenvalue weighted by Gasteiger charge is 2.29. The van der Waals surface area contributed by atoms with E-state index in [9.17, 15) is 8.42 Å². The van der Waals surface area contributed by atoms with Crippen molar-refractivity contribution >= 4 is 38.5 Å². The largest absolute Gasteiger partial charge is 0.356 e. The first-order chi connectivity index (χ1) is 13.4. The second kappa shape index (κ2) is 7.31. The normalized spacial score (nSPS) is 16.2. The van der Waals surface area contributed by atoms with Crippen molar-refractivity contribution in [2.45, 2.75) is 18.8 Å². The quantitative estimate of drug-likeness (QED) is 0.603. The SMILES string of the molecule is CN(C)S(=O)(=O)n1ccnc1C1CCN(c2nc(Cl)cc3ncccc23)CC1. The summed E-state index contributed by atoms with van der Waals surface area (Å²) in [7, 11) is -0.539. The molecule has 10 heteroatoms. The molecule has 3 aromatic heterocycles. The number of pyridine rings is 2. The fourth-order valence-electron chi connectivity index (χ4n) is 3.58. The molecule has 1 aliphatic heterocycles. The van der Waals surface area contributed by atoms with E-state index in [1.807, 2.05) is 12.1 Å². The van der Waals surface area contributed by atoms with Gasteiger partial charge in [-0.2, -0.15) is 12.7 Å². The van der Waals surface area contributed by atoms with Crippen molar-refractivity contribution < 1.29 is 8.42 Å². The highest BCUT2D eigenvalue weighted by molar-refractivity contribution is 7.87. The maximum atomic E-state index is 12.5. The number of aromatic nitrogens is 4. The molecular formula is C18H21ClN6O2S. The molecule has 0 amide bonds. The fraction of sp³-hybridized carbons (Fsp3) is 0.389. The molecule has 1 fully saturated rings. The predicted octanol–water partition coefficient (Wildman–Crippen LogP) is 2.52. The molecule has 148 valence electrons. The van der Waals surface area contributed by atoms with Gasteiger partial charge in [-0.15, -0.1) is 0 Å². The van der Waals surface area contributed by atoms with E-state index in [0.717, 1.165) is 42.7 Å². The van der Waals surface area contributed by atoms with Gasteiger partial charge in [-0.3, -0.25) is 4.98 Å². The van der Waals surface area contributed by atoms with Gasteiger partial charge in [-0.1, -0.05) is 11.6 Å². The van der Waals surface area contributed by atoms with Crippen LogP contribution in [0.3, 0.4) is 0 Å². The van der Waals surface area contributed by atoms with Gasteiger partial charge in [0, 0.05) is 63.1 Å². The Labute approximate surface area is 169 Å². The van der Waals surface area contributed by atoms with Gasteiger partial charge < -0.3 is 4.90 Å². The minimum atomic E-state index is -3.58. The Balaban J connectivity index is 1.58. The van der Waals surface area contributed by atoms with Gasteiger partial charge in [-0.25, -0.2) is 13.9 Å². The number of piperidine rings is 1. The minimum absolute atomic E-state index is 0.0598. The van der Waals surface area contributed by atoms with E-state index in [2.05, 4.69) is 19.9 Å². The van der Waals surface area contributed by atoms with Crippen LogP contribution in [0.25, 0.3) is 10.9 Å². The molecule has 0 N–H and O–H groups in total. The average Bonchev–Trinajstić information content (AvgIpc) is 3.18. The van der Waals surface area contributed by atoms with Crippen molar-refractivity contribution in [1.29, 1.82) is 0 Å². The lowest BCUT2D eigenvalue weighted by Crippen LogP contribution is -2.36. The van der Waals surface area contributed by atoms with Crippen LogP contribution >= 0.6 is 11.6 Å². The molecule has 1 aliphatic rings. The molecule has 0 bridgehead atoms. The number of halogens is 1. The molecule has 0 unspecified atom stereocenters. The molecule has 4 rings (SSSR count). The molecule has 28 heavy (non-hydrogen) atoms. The standard InChI is InChI=1S/C18H21ClN6O2S/c1-23(2)28(26,27)25-11-8-21-17(25)13-5-9-24(10-6-13)18-14-4-3-7-20-15(14)12-16(19)22-18/h3-4,7-8,11-13H,5-6,9-10H2,1-2H3. The van der Waals surface area contributed by atoms with Crippen LogP contribution in [0.1, 0.15) is 24.6 Å². The van der Waals surface area contributed by atoms with Crippen molar-refractivity contribution in [3.63, 3.8) is 0 Å². The van der Waals surface area contributed by atoms with Gasteiger partial charge in [0.05, 0.1) is 5.52 Å². The third-order valence-electron chi connectivity index (χ3n) is 5.05. The summed E-state index contributed by atoms with van der Waals surface area (Å²) in [6.45, 7) is 1.47. The molecule has 3 aromatic rings. The maximum absolute atomic E-state index is 12.5. The summed E-state index contributed by atoms with van der Waals surface area (Å²) in [5.74, 6) is 1.46. The van der Waals surface area contributed by atoms with E-state index in [0.29, 0.717) is 11.0 Å². The van der Waals surface area contributed by atoms with Gasteiger partial charge in [0.25, 0.3) is 0 Å². The number of hydrogen-bond donors (Lipinski definition) is 0. The van der Waals surface area contributed by atoms with Crippen LogP contribution < -0.4 is 4.90 Å². The summed E-state index contributed by atoms with van der Waals surface area (Å²) >= 11 is 6.19. The number of anilines is 1. The Morgan fingerprint density at radius 2 is 1.93 bits per heavy atom. The highest BCUT2D eigenvalue weighted by atomic mass is 35.5. The van der Waals surface area contributed by atoms with Crippen LogP contribution in [0, 0.1) is 0 Å². The average molecular weight is 421 g/mol. The number of imidazole rings is 1. The molecule has 0 radical (unpaired) electrons. The van der Waals surface area contributed by atoms with Crippen LogP contribution in [0.4, 0.5) is 5.82 Å². The van der Waals surface area contributed by atoms with Crippen molar-refractivity contribution in [2.75, 3.05) is 32.1 Å². The van der Waals surface area contributed by atoms with Crippen molar-refractivity contribution in [3.05, 3.63) is 47.8 Å². The zero-order valence-electron chi connectivity index (χ0n) is 15.7. The Morgan fingerprint density at radius 1 is 1.18 bits per heavy atom. The lowest BCUT2D eigenvalue weighted by atomic mass is 9.96. The van der Waals surface area contributed by atoms with Crippen molar-refractivity contribution in [3.8, 4) is 0 Å². The molecule has 0 aliphatic carbocycles. The first-order valence-electron chi connectivity index (χ1n) is 9.00. The Hall–Kier alpha value is -2.23. The van der Waals surface area contributed by atoms with Crippen LogP contribution in [0.5, 0.6) is 0 Å². The number of fused-ring (bicyclic) bond motifs is 1. The van der Waals surface area contributed by atoms with Crippen LogP contribution in [0.15, 0.2) is 36.8 Å². The summed E-state index contributed by atoms with van der Waals surface area (Å²) in [6.07, 6.45) is 6.33. The van der Waals surface area contributed by atoms with Gasteiger partial charge in [0.1, 0.15) is 16.8 Å². The number of rotatable bonds is 4. The summed E-state index contributed by atoms with van der Waals surface area (Å²) in [6, 6.07) is 5.64. The lowest BCUT2D eigenvalue weighted by molar-refractivity contribution is 0.469. The summed E-state index contributed by atoms with van der Waals surface area (Å²) in [5, 5.41) is 1.37. The molecular weight excluding hydrogens is 400 g/mol. The van der Waals surface area contributed by atoms with E-state index >= 15 is 0 Å². The van der Waals surface area contributed by atoms with E-state index in [1.165, 1.54) is 28.6 Å². The van der Waals surface area contributed by atoms with E-state index in [-0.39, 0.29) is 5.92 Å². The third-order valence-corrected chi connectivity index (χ3v) is 6.97. The van der Waals surface area contributed by atoms with Crippen molar-refractivity contribution in [2.24, 2.45) is 0 Å². The van der Waals surface area contributed by atoms with Crippen LogP contribution in [-0.2, 0) is 10.2 Å². The van der Waals surface area contributed by atoms with E-state index < -0.39 is 10.2 Å². The molecule has 8 nitrogen and oxygen atoms in total. The Kier molecular flexibility index (Phi) is 4.98. The zero-order valence-corrected chi connectivity index (χ0v) is 17.2. The smallest absolute Gasteiger partial charge is 0.308 e. The van der Waals surface area contributed by atoms with Gasteiger partial charge in [0.15, 0.2) is 0 Å². The fourth-order valence-corrected chi connectivity index (χ4v) is 4.75. The van der Waals surface area contributed by atoms with Gasteiger partial charge in [-0.05, 0) is 25.0 Å². The maximum Gasteiger partial charge on any atom is 0.308 e. The first kappa shape index (κ1) is 19.1. The van der Waals surface area contributed by atoms with E-state index in [4.69, 9.17) is 11.6 Å². The second-order valence-electron chi connectivity index (χ2n) is 6.97. The lowest BCUT2D eigenvalue weighted by Gasteiger charge is -2.33. The Morgan fingerprint density at radius 3 is 2.64 bits per heavy atom. The minimum Gasteiger partial charge on any atom is -0.356 e. The van der Waals surface area contributed by atoms with Crippen LogP contribution in [-0.4, -0.2) is 58.8 Å². The third kappa shape index (κ3) is 3.34. The molecule has 0 atom stereocenters. The molecule has 4 heterocycles. The monoisotopic (exact) mass is 420 g/mol. The highest BCUT2D eigenvalue weighted by Crippen LogP contribution is 2.33. The predicted molar refractivity (Wildman–Crippen MR) is 109 cm³/mol. The Bertz CT molecular complexity index is 1110. The van der Waals surface area contributed by atoms with Crippen molar-refractivity contribution in [1.82, 2.24) is 23.2 Å². The molecule has 0 saturated carbocycles. The number of nitrogens with zero attached hydrogens (tertiary/aromatic N) is 6. The number of hydrogen-bond acceptors (Lipinski definition) is 6. The summed E-state index contributed by atoms with van der Waals surface area (Å²) in [5.41, 5.74) is 0.812. The second-order valence-corrected chi connectivity index (χ2v) is 9.38. The molecule has 0 aromatic carbocycles. The van der Waals surface area contributed by atoms with Crippen LogP contribution in [0.2, 0.25) is 5.15 Å². The van der Waals surface area contributed by atoms with E-state index in [1.54, 1.807) is 18.5 Å². The topological polar surface area (TPSA) is 84.2 Å².